The Morgan fingerprint density at radius 1 is 1.38 bits per heavy atom. The summed E-state index contributed by atoms with van der Waals surface area (Å²) in [5, 5.41) is 13.2. The van der Waals surface area contributed by atoms with E-state index in [1.807, 2.05) is 24.4 Å². The van der Waals surface area contributed by atoms with Gasteiger partial charge in [-0.25, -0.2) is 0 Å². The highest BCUT2D eigenvalue weighted by atomic mass is 32.1. The van der Waals surface area contributed by atoms with Gasteiger partial charge in [0.25, 0.3) is 0 Å². The van der Waals surface area contributed by atoms with E-state index in [-0.39, 0.29) is 24.3 Å². The smallest absolute Gasteiger partial charge is 0.225 e. The van der Waals surface area contributed by atoms with Crippen LogP contribution in [0.5, 0.6) is 0 Å². The van der Waals surface area contributed by atoms with Gasteiger partial charge in [-0.1, -0.05) is 13.0 Å². The predicted molar refractivity (Wildman–Crippen MR) is 90.3 cm³/mol. The number of aromatic nitrogens is 3. The first-order valence-corrected chi connectivity index (χ1v) is 8.95. The number of nitrogens with one attached hydrogen (secondary N) is 1. The Kier molecular flexibility index (Phi) is 4.94. The Hall–Kier alpha value is -2.22. The summed E-state index contributed by atoms with van der Waals surface area (Å²) in [7, 11) is 0. The van der Waals surface area contributed by atoms with Crippen molar-refractivity contribution in [1.82, 2.24) is 25.0 Å². The summed E-state index contributed by atoms with van der Waals surface area (Å²) in [6.45, 7) is 5.37. The highest BCUT2D eigenvalue weighted by Gasteiger charge is 2.27. The molecule has 0 aromatic carbocycles. The molecule has 2 amide bonds. The van der Waals surface area contributed by atoms with Gasteiger partial charge >= 0.3 is 0 Å². The summed E-state index contributed by atoms with van der Waals surface area (Å²) in [5.74, 6) is 1.69. The van der Waals surface area contributed by atoms with Crippen LogP contribution in [0, 0.1) is 0 Å². The molecule has 0 fully saturated rings. The second kappa shape index (κ2) is 7.12. The van der Waals surface area contributed by atoms with E-state index in [1.54, 1.807) is 16.2 Å². The van der Waals surface area contributed by atoms with Crippen LogP contribution in [0.1, 0.15) is 42.8 Å². The average molecular weight is 347 g/mol. The van der Waals surface area contributed by atoms with Gasteiger partial charge in [-0.15, -0.1) is 21.5 Å². The first-order valence-electron chi connectivity index (χ1n) is 8.07. The number of amides is 2. The zero-order chi connectivity index (χ0) is 17.1. The summed E-state index contributed by atoms with van der Waals surface area (Å²) in [4.78, 5) is 26.9. The van der Waals surface area contributed by atoms with Gasteiger partial charge in [0, 0.05) is 31.3 Å². The molecular formula is C16H21N5O2S. The molecule has 1 atom stereocenters. The van der Waals surface area contributed by atoms with E-state index in [0.717, 1.165) is 29.5 Å². The number of nitrogens with zero attached hydrogens (tertiary/aromatic N) is 4. The lowest BCUT2D eigenvalue weighted by atomic mass is 10.1. The fraction of sp³-hybridized carbons (Fsp3) is 0.500. The Labute approximate surface area is 144 Å². The first kappa shape index (κ1) is 16.6. The zero-order valence-electron chi connectivity index (χ0n) is 13.9. The zero-order valence-corrected chi connectivity index (χ0v) is 14.7. The fourth-order valence-corrected chi connectivity index (χ4v) is 3.73. The third-order valence-corrected chi connectivity index (χ3v) is 5.13. The van der Waals surface area contributed by atoms with Crippen molar-refractivity contribution < 1.29 is 9.59 Å². The minimum absolute atomic E-state index is 0.0226. The first-order chi connectivity index (χ1) is 11.6. The van der Waals surface area contributed by atoms with Gasteiger partial charge in [0.2, 0.25) is 11.8 Å². The summed E-state index contributed by atoms with van der Waals surface area (Å²) in [6, 6.07) is 3.59. The van der Waals surface area contributed by atoms with Crippen molar-refractivity contribution in [2.75, 3.05) is 6.54 Å². The Bertz CT molecular complexity index is 725. The standard InChI is InChI=1S/C16H21N5O2S/c1-3-14-18-19-15-10-20(6-7-21(14)15)16(23)9-12(17-11(2)22)13-5-4-8-24-13/h4-5,8,12H,3,6-7,9-10H2,1-2H3,(H,17,22)/t12-/m0/s1. The molecular weight excluding hydrogens is 326 g/mol. The summed E-state index contributed by atoms with van der Waals surface area (Å²) >= 11 is 1.54. The van der Waals surface area contributed by atoms with Crippen LogP contribution in [-0.4, -0.2) is 38.0 Å². The second-order valence-corrected chi connectivity index (χ2v) is 6.80. The largest absolute Gasteiger partial charge is 0.348 e. The number of thiophene rings is 1. The molecule has 1 aliphatic heterocycles. The normalized spacial score (nSPS) is 15.0. The van der Waals surface area contributed by atoms with Gasteiger partial charge in [0.1, 0.15) is 5.82 Å². The van der Waals surface area contributed by atoms with Crippen LogP contribution in [0.2, 0.25) is 0 Å². The molecule has 2 aromatic heterocycles. The van der Waals surface area contributed by atoms with Gasteiger partial charge in [-0.2, -0.15) is 0 Å². The van der Waals surface area contributed by atoms with E-state index in [0.29, 0.717) is 13.1 Å². The maximum absolute atomic E-state index is 12.7. The van der Waals surface area contributed by atoms with E-state index >= 15 is 0 Å². The third-order valence-electron chi connectivity index (χ3n) is 4.14. The highest BCUT2D eigenvalue weighted by molar-refractivity contribution is 7.10. The third kappa shape index (κ3) is 3.48. The van der Waals surface area contributed by atoms with Gasteiger partial charge in [-0.3, -0.25) is 9.59 Å². The van der Waals surface area contributed by atoms with Gasteiger partial charge in [-0.05, 0) is 11.4 Å². The summed E-state index contributed by atoms with van der Waals surface area (Å²) in [5.41, 5.74) is 0. The van der Waals surface area contributed by atoms with Crippen LogP contribution in [0.4, 0.5) is 0 Å². The lowest BCUT2D eigenvalue weighted by Gasteiger charge is -2.29. The van der Waals surface area contributed by atoms with Gasteiger partial charge in [0.15, 0.2) is 5.82 Å². The molecule has 1 N–H and O–H groups in total. The van der Waals surface area contributed by atoms with E-state index in [1.165, 1.54) is 6.92 Å². The maximum Gasteiger partial charge on any atom is 0.225 e. The Morgan fingerprint density at radius 2 is 2.21 bits per heavy atom. The Balaban J connectivity index is 1.68. The van der Waals surface area contributed by atoms with Crippen LogP contribution in [0.3, 0.4) is 0 Å². The van der Waals surface area contributed by atoms with Crippen LogP contribution >= 0.6 is 11.3 Å². The number of aryl methyl sites for hydroxylation is 1. The van der Waals surface area contributed by atoms with E-state index < -0.39 is 0 Å². The van der Waals surface area contributed by atoms with E-state index in [4.69, 9.17) is 0 Å². The van der Waals surface area contributed by atoms with Gasteiger partial charge in [0.05, 0.1) is 19.0 Å². The molecule has 0 radical (unpaired) electrons. The summed E-state index contributed by atoms with van der Waals surface area (Å²) in [6.07, 6.45) is 1.10. The number of carbonyl (C=O) groups is 2. The molecule has 1 aliphatic rings. The minimum atomic E-state index is -0.277. The maximum atomic E-state index is 12.7. The lowest BCUT2D eigenvalue weighted by molar-refractivity contribution is -0.133. The number of carbonyl (C=O) groups excluding carboxylic acids is 2. The SMILES string of the molecule is CCc1nnc2n1CCN(C(=O)C[C@H](NC(C)=O)c1cccs1)C2. The summed E-state index contributed by atoms with van der Waals surface area (Å²) < 4.78 is 2.09. The predicted octanol–water partition coefficient (Wildman–Crippen LogP) is 1.51. The quantitative estimate of drug-likeness (QED) is 0.889. The second-order valence-electron chi connectivity index (χ2n) is 5.83. The number of fused-ring (bicyclic) bond motifs is 1. The molecule has 7 nitrogen and oxygen atoms in total. The molecule has 24 heavy (non-hydrogen) atoms. The molecule has 0 saturated carbocycles. The topological polar surface area (TPSA) is 80.1 Å². The fourth-order valence-electron chi connectivity index (χ4n) is 2.95. The molecule has 8 heteroatoms. The number of hydrogen-bond acceptors (Lipinski definition) is 5. The Morgan fingerprint density at radius 3 is 2.88 bits per heavy atom. The molecule has 3 heterocycles. The monoisotopic (exact) mass is 347 g/mol. The molecule has 128 valence electrons. The number of rotatable bonds is 5. The van der Waals surface area contributed by atoms with Crippen molar-refractivity contribution in [3.05, 3.63) is 34.0 Å². The van der Waals surface area contributed by atoms with Crippen molar-refractivity contribution in [3.63, 3.8) is 0 Å². The molecule has 0 aliphatic carbocycles. The van der Waals surface area contributed by atoms with Crippen LogP contribution < -0.4 is 5.32 Å². The van der Waals surface area contributed by atoms with Gasteiger partial charge < -0.3 is 14.8 Å². The van der Waals surface area contributed by atoms with Crippen LogP contribution in [-0.2, 0) is 29.1 Å². The average Bonchev–Trinajstić information content (AvgIpc) is 3.22. The molecule has 2 aromatic rings. The minimum Gasteiger partial charge on any atom is -0.348 e. The molecule has 0 bridgehead atoms. The molecule has 0 saturated heterocycles. The molecule has 0 spiro atoms. The van der Waals surface area contributed by atoms with Crippen LogP contribution in [0.15, 0.2) is 17.5 Å². The van der Waals surface area contributed by atoms with Crippen molar-refractivity contribution in [2.45, 2.75) is 45.8 Å². The lowest BCUT2D eigenvalue weighted by Crippen LogP contribution is -2.40. The van der Waals surface area contributed by atoms with Crippen LogP contribution in [0.25, 0.3) is 0 Å². The molecule has 3 rings (SSSR count). The van der Waals surface area contributed by atoms with E-state index in [9.17, 15) is 9.59 Å². The van der Waals surface area contributed by atoms with Crippen molar-refractivity contribution in [1.29, 1.82) is 0 Å². The van der Waals surface area contributed by atoms with Crippen molar-refractivity contribution >= 4 is 23.2 Å². The number of hydrogen-bond donors (Lipinski definition) is 1. The highest BCUT2D eigenvalue weighted by Crippen LogP contribution is 2.24. The molecule has 0 unspecified atom stereocenters. The van der Waals surface area contributed by atoms with E-state index in [2.05, 4.69) is 20.1 Å². The van der Waals surface area contributed by atoms with Crippen molar-refractivity contribution in [3.8, 4) is 0 Å². The van der Waals surface area contributed by atoms with Crippen molar-refractivity contribution in [2.24, 2.45) is 0 Å².